The maximum absolute atomic E-state index is 2.45. The standard InChI is InChI=1S/C9H16/c1-5-8(3)7-6(2)9(7,8)4/h6-7H,5H2,1-4H3. The molecule has 0 heteroatoms. The molecule has 4 atom stereocenters. The molecule has 0 N–H and O–H groups in total. The summed E-state index contributed by atoms with van der Waals surface area (Å²) in [5.74, 6) is 2.14. The van der Waals surface area contributed by atoms with E-state index >= 15 is 0 Å². The summed E-state index contributed by atoms with van der Waals surface area (Å²) in [6, 6.07) is 0. The van der Waals surface area contributed by atoms with Gasteiger partial charge in [-0.2, -0.15) is 0 Å². The minimum Gasteiger partial charge on any atom is -0.0648 e. The van der Waals surface area contributed by atoms with Crippen molar-refractivity contribution >= 4 is 0 Å². The summed E-state index contributed by atoms with van der Waals surface area (Å²) in [6.07, 6.45) is 1.39. The van der Waals surface area contributed by atoms with E-state index in [1.807, 2.05) is 0 Å². The van der Waals surface area contributed by atoms with Crippen LogP contribution in [-0.4, -0.2) is 0 Å². The van der Waals surface area contributed by atoms with E-state index in [0.29, 0.717) is 0 Å². The topological polar surface area (TPSA) is 0 Å². The molecular formula is C9H16. The van der Waals surface area contributed by atoms with Crippen molar-refractivity contribution in [1.82, 2.24) is 0 Å². The zero-order chi connectivity index (χ0) is 6.86. The summed E-state index contributed by atoms with van der Waals surface area (Å²) in [4.78, 5) is 0. The molecule has 52 valence electrons. The quantitative estimate of drug-likeness (QED) is 0.504. The molecule has 2 rings (SSSR count). The lowest BCUT2D eigenvalue weighted by Crippen LogP contribution is -2.15. The smallest absolute Gasteiger partial charge is 0.0204 e. The van der Waals surface area contributed by atoms with Crippen molar-refractivity contribution in [2.45, 2.75) is 34.1 Å². The molecule has 0 radical (unpaired) electrons. The lowest BCUT2D eigenvalue weighted by atomic mass is 9.83. The molecule has 0 aromatic carbocycles. The number of hydrogen-bond acceptors (Lipinski definition) is 0. The SMILES string of the molecule is CCC1(C)C2C(C)C21C. The van der Waals surface area contributed by atoms with Crippen LogP contribution in [0.25, 0.3) is 0 Å². The van der Waals surface area contributed by atoms with Gasteiger partial charge in [-0.25, -0.2) is 0 Å². The van der Waals surface area contributed by atoms with Gasteiger partial charge in [0.25, 0.3) is 0 Å². The van der Waals surface area contributed by atoms with Crippen molar-refractivity contribution < 1.29 is 0 Å². The molecule has 0 amide bonds. The molecule has 2 fully saturated rings. The van der Waals surface area contributed by atoms with E-state index in [2.05, 4.69) is 27.7 Å². The normalized spacial score (nSPS) is 69.3. The first kappa shape index (κ1) is 5.76. The summed E-state index contributed by atoms with van der Waals surface area (Å²) in [7, 11) is 0. The fraction of sp³-hybridized carbons (Fsp3) is 1.00. The average Bonchev–Trinajstić information content (AvgIpc) is 2.56. The van der Waals surface area contributed by atoms with E-state index in [-0.39, 0.29) is 0 Å². The van der Waals surface area contributed by atoms with Gasteiger partial charge >= 0.3 is 0 Å². The van der Waals surface area contributed by atoms with Crippen LogP contribution in [0, 0.1) is 22.7 Å². The maximum Gasteiger partial charge on any atom is -0.0204 e. The van der Waals surface area contributed by atoms with Crippen molar-refractivity contribution in [2.75, 3.05) is 0 Å². The van der Waals surface area contributed by atoms with E-state index in [1.54, 1.807) is 0 Å². The first-order chi connectivity index (χ1) is 4.09. The summed E-state index contributed by atoms with van der Waals surface area (Å²) in [5.41, 5.74) is 1.54. The van der Waals surface area contributed by atoms with Crippen molar-refractivity contribution in [1.29, 1.82) is 0 Å². The van der Waals surface area contributed by atoms with Crippen LogP contribution in [0.4, 0.5) is 0 Å². The fourth-order valence-corrected chi connectivity index (χ4v) is 3.25. The third-order valence-electron chi connectivity index (χ3n) is 4.55. The highest BCUT2D eigenvalue weighted by molar-refractivity contribution is 5.34. The molecule has 0 bridgehead atoms. The fourth-order valence-electron chi connectivity index (χ4n) is 3.25. The van der Waals surface area contributed by atoms with Gasteiger partial charge in [0.1, 0.15) is 0 Å². The van der Waals surface area contributed by atoms with Crippen LogP contribution in [0.1, 0.15) is 34.1 Å². The Morgan fingerprint density at radius 1 is 1.33 bits per heavy atom. The predicted molar refractivity (Wildman–Crippen MR) is 39.2 cm³/mol. The van der Waals surface area contributed by atoms with Crippen molar-refractivity contribution in [3.8, 4) is 0 Å². The average molecular weight is 124 g/mol. The molecule has 0 saturated heterocycles. The maximum atomic E-state index is 2.45. The Labute approximate surface area is 57.6 Å². The molecule has 0 aromatic heterocycles. The second-order valence-electron chi connectivity index (χ2n) is 4.32. The molecular weight excluding hydrogens is 108 g/mol. The van der Waals surface area contributed by atoms with Gasteiger partial charge in [-0.1, -0.05) is 27.7 Å². The molecule has 0 nitrogen and oxygen atoms in total. The third-order valence-corrected chi connectivity index (χ3v) is 4.55. The van der Waals surface area contributed by atoms with Gasteiger partial charge in [-0.15, -0.1) is 0 Å². The Balaban J connectivity index is 2.14. The highest BCUT2D eigenvalue weighted by Crippen LogP contribution is 2.91. The van der Waals surface area contributed by atoms with Crippen LogP contribution in [-0.2, 0) is 0 Å². The second kappa shape index (κ2) is 1.09. The summed E-state index contributed by atoms with van der Waals surface area (Å²) in [6.45, 7) is 9.61. The predicted octanol–water partition coefficient (Wildman–Crippen LogP) is 2.69. The Morgan fingerprint density at radius 2 is 1.78 bits per heavy atom. The molecule has 0 heterocycles. The van der Waals surface area contributed by atoms with Gasteiger partial charge in [0.05, 0.1) is 0 Å². The minimum atomic E-state index is 0.756. The zero-order valence-electron chi connectivity index (χ0n) is 6.86. The van der Waals surface area contributed by atoms with Crippen LogP contribution in [0.15, 0.2) is 0 Å². The van der Waals surface area contributed by atoms with Crippen molar-refractivity contribution in [3.05, 3.63) is 0 Å². The summed E-state index contributed by atoms with van der Waals surface area (Å²) >= 11 is 0. The lowest BCUT2D eigenvalue weighted by molar-refractivity contribution is 0.268. The van der Waals surface area contributed by atoms with E-state index in [0.717, 1.165) is 22.7 Å². The van der Waals surface area contributed by atoms with Gasteiger partial charge in [-0.05, 0) is 29.1 Å². The Hall–Kier alpha value is 0. The van der Waals surface area contributed by atoms with E-state index in [1.165, 1.54) is 6.42 Å². The summed E-state index contributed by atoms with van der Waals surface area (Å²) in [5, 5.41) is 0. The Bertz CT molecular complexity index is 153. The van der Waals surface area contributed by atoms with E-state index in [9.17, 15) is 0 Å². The van der Waals surface area contributed by atoms with Crippen LogP contribution in [0.2, 0.25) is 0 Å². The van der Waals surface area contributed by atoms with Crippen LogP contribution >= 0.6 is 0 Å². The highest BCUT2D eigenvalue weighted by atomic mass is 14.9. The van der Waals surface area contributed by atoms with Crippen LogP contribution in [0.5, 0.6) is 0 Å². The van der Waals surface area contributed by atoms with Crippen LogP contribution < -0.4 is 0 Å². The van der Waals surface area contributed by atoms with Gasteiger partial charge < -0.3 is 0 Å². The number of hydrogen-bond donors (Lipinski definition) is 0. The van der Waals surface area contributed by atoms with Gasteiger partial charge in [-0.3, -0.25) is 0 Å². The van der Waals surface area contributed by atoms with Gasteiger partial charge in [0.15, 0.2) is 0 Å². The summed E-state index contributed by atoms with van der Waals surface area (Å²) < 4.78 is 0. The third kappa shape index (κ3) is 0.320. The first-order valence-electron chi connectivity index (χ1n) is 4.09. The Kier molecular flexibility index (Phi) is 0.695. The number of rotatable bonds is 1. The zero-order valence-corrected chi connectivity index (χ0v) is 6.86. The minimum absolute atomic E-state index is 0.756. The lowest BCUT2D eigenvalue weighted by Gasteiger charge is -2.22. The molecule has 2 aliphatic rings. The molecule has 0 aliphatic heterocycles. The highest BCUT2D eigenvalue weighted by Gasteiger charge is 2.87. The molecule has 2 saturated carbocycles. The molecule has 0 spiro atoms. The van der Waals surface area contributed by atoms with Gasteiger partial charge in [0, 0.05) is 0 Å². The van der Waals surface area contributed by atoms with Crippen molar-refractivity contribution in [2.24, 2.45) is 22.7 Å². The molecule has 0 aromatic rings. The largest absolute Gasteiger partial charge is 0.0648 e. The monoisotopic (exact) mass is 124 g/mol. The van der Waals surface area contributed by atoms with Crippen LogP contribution in [0.3, 0.4) is 0 Å². The Morgan fingerprint density at radius 3 is 1.89 bits per heavy atom. The first-order valence-corrected chi connectivity index (χ1v) is 4.09. The molecule has 9 heavy (non-hydrogen) atoms. The van der Waals surface area contributed by atoms with E-state index < -0.39 is 0 Å². The number of fused-ring (bicyclic) bond motifs is 1. The van der Waals surface area contributed by atoms with E-state index in [4.69, 9.17) is 0 Å². The second-order valence-corrected chi connectivity index (χ2v) is 4.32. The van der Waals surface area contributed by atoms with Crippen molar-refractivity contribution in [3.63, 3.8) is 0 Å². The molecule has 2 aliphatic carbocycles. The van der Waals surface area contributed by atoms with Gasteiger partial charge in [0.2, 0.25) is 0 Å². The molecule has 4 unspecified atom stereocenters.